The third kappa shape index (κ3) is 0.933. The molecule has 0 N–H and O–H groups in total. The molecule has 2 aliphatic heterocycles. The third-order valence-corrected chi connectivity index (χ3v) is 4.17. The Balaban J connectivity index is 1.98. The van der Waals surface area contributed by atoms with Gasteiger partial charge >= 0.3 is 0 Å². The topological polar surface area (TPSA) is 36.3 Å². The monoisotopic (exact) mass is 192 g/mol. The van der Waals surface area contributed by atoms with Gasteiger partial charge in [-0.2, -0.15) is 10.3 Å². The van der Waals surface area contributed by atoms with Crippen LogP contribution < -0.4 is 0 Å². The summed E-state index contributed by atoms with van der Waals surface area (Å²) < 4.78 is 0. The fourth-order valence-electron chi connectivity index (χ4n) is 3.51. The van der Waals surface area contributed by atoms with Crippen molar-refractivity contribution in [3.8, 4) is 6.07 Å². The smallest absolute Gasteiger partial charge is 0.0970 e. The molecule has 1 spiro atoms. The van der Waals surface area contributed by atoms with E-state index in [-0.39, 0.29) is 17.6 Å². The molecule has 3 heteroatoms. The highest BCUT2D eigenvalue weighted by Crippen LogP contribution is 2.50. The van der Waals surface area contributed by atoms with Gasteiger partial charge in [-0.3, -0.25) is 4.84 Å². The molecule has 2 bridgehead atoms. The van der Waals surface area contributed by atoms with Crippen LogP contribution in [0.1, 0.15) is 38.5 Å². The molecule has 14 heavy (non-hydrogen) atoms. The van der Waals surface area contributed by atoms with E-state index in [9.17, 15) is 5.26 Å². The van der Waals surface area contributed by atoms with Crippen LogP contribution in [0.25, 0.3) is 0 Å². The van der Waals surface area contributed by atoms with Gasteiger partial charge in [0.1, 0.15) is 0 Å². The molecule has 0 aromatic carbocycles. The molecule has 2 heterocycles. The molecule has 3 atom stereocenters. The number of rotatable bonds is 0. The Bertz CT molecular complexity index is 282. The average Bonchev–Trinajstić information content (AvgIpc) is 2.38. The number of fused-ring (bicyclic) bond motifs is 1. The highest BCUT2D eigenvalue weighted by molar-refractivity contribution is 5.13. The second kappa shape index (κ2) is 2.95. The van der Waals surface area contributed by atoms with Crippen molar-refractivity contribution in [2.45, 2.75) is 50.2 Å². The van der Waals surface area contributed by atoms with Crippen LogP contribution in [0.5, 0.6) is 0 Å². The quantitative estimate of drug-likeness (QED) is 0.587. The number of nitrogens with zero attached hydrogens (tertiary/aromatic N) is 2. The molecule has 76 valence electrons. The Hall–Kier alpha value is -0.590. The molecule has 0 unspecified atom stereocenters. The third-order valence-electron chi connectivity index (χ3n) is 4.17. The summed E-state index contributed by atoms with van der Waals surface area (Å²) in [5, 5.41) is 11.4. The van der Waals surface area contributed by atoms with Crippen molar-refractivity contribution in [2.75, 3.05) is 6.54 Å². The molecule has 3 rings (SSSR count). The molecule has 1 aliphatic carbocycles. The van der Waals surface area contributed by atoms with Crippen molar-refractivity contribution in [1.82, 2.24) is 5.06 Å². The minimum Gasteiger partial charge on any atom is -0.294 e. The molecule has 0 amide bonds. The zero-order valence-electron chi connectivity index (χ0n) is 8.41. The first-order valence-corrected chi connectivity index (χ1v) is 5.71. The molecular formula is C11H16N2O. The SMILES string of the molecule is N#C[C@@H]1[C@@H]2CCC[C@]13CCCCN3O2. The summed E-state index contributed by atoms with van der Waals surface area (Å²) in [7, 11) is 0. The normalized spacial score (nSPS) is 47.1. The summed E-state index contributed by atoms with van der Waals surface area (Å²) >= 11 is 0. The maximum absolute atomic E-state index is 9.25. The standard InChI is InChI=1S/C11H16N2O/c12-8-9-10-4-3-6-11(9)5-1-2-7-13(11)14-10/h9-10H,1-7H2/t9-,10+,11-/m1/s1. The van der Waals surface area contributed by atoms with Crippen molar-refractivity contribution in [2.24, 2.45) is 5.92 Å². The Morgan fingerprint density at radius 3 is 3.00 bits per heavy atom. The second-order valence-corrected chi connectivity index (χ2v) is 4.81. The predicted octanol–water partition coefficient (Wildman–Crippen LogP) is 1.85. The fraction of sp³-hybridized carbons (Fsp3) is 0.909. The number of hydrogen-bond donors (Lipinski definition) is 0. The van der Waals surface area contributed by atoms with Crippen LogP contribution in [-0.4, -0.2) is 23.3 Å². The van der Waals surface area contributed by atoms with E-state index in [1.807, 2.05) is 0 Å². The lowest BCUT2D eigenvalue weighted by atomic mass is 9.69. The summed E-state index contributed by atoms with van der Waals surface area (Å²) in [6.07, 6.45) is 7.35. The van der Waals surface area contributed by atoms with E-state index < -0.39 is 0 Å². The van der Waals surface area contributed by atoms with Gasteiger partial charge in [-0.15, -0.1) is 0 Å². The number of hydrogen-bond acceptors (Lipinski definition) is 3. The van der Waals surface area contributed by atoms with E-state index in [4.69, 9.17) is 4.84 Å². The minimum absolute atomic E-state index is 0.107. The molecule has 3 aliphatic rings. The highest BCUT2D eigenvalue weighted by atomic mass is 16.7. The average molecular weight is 192 g/mol. The van der Waals surface area contributed by atoms with Crippen molar-refractivity contribution < 1.29 is 4.84 Å². The van der Waals surface area contributed by atoms with Gasteiger partial charge in [0.15, 0.2) is 0 Å². The second-order valence-electron chi connectivity index (χ2n) is 4.81. The van der Waals surface area contributed by atoms with E-state index in [2.05, 4.69) is 11.1 Å². The Kier molecular flexibility index (Phi) is 1.83. The summed E-state index contributed by atoms with van der Waals surface area (Å²) in [4.78, 5) is 5.89. The molecule has 0 aromatic heterocycles. The number of piperidine rings is 1. The molecule has 0 radical (unpaired) electrons. The Morgan fingerprint density at radius 1 is 1.29 bits per heavy atom. The van der Waals surface area contributed by atoms with Crippen LogP contribution in [-0.2, 0) is 4.84 Å². The van der Waals surface area contributed by atoms with Gasteiger partial charge in [-0.1, -0.05) is 6.42 Å². The Morgan fingerprint density at radius 2 is 2.14 bits per heavy atom. The minimum atomic E-state index is 0.107. The van der Waals surface area contributed by atoms with Gasteiger partial charge in [0.05, 0.1) is 23.6 Å². The van der Waals surface area contributed by atoms with E-state index in [0.29, 0.717) is 0 Å². The fourth-order valence-corrected chi connectivity index (χ4v) is 3.51. The number of nitriles is 1. The molecule has 2 saturated heterocycles. The van der Waals surface area contributed by atoms with Gasteiger partial charge < -0.3 is 0 Å². The van der Waals surface area contributed by atoms with Crippen molar-refractivity contribution in [3.05, 3.63) is 0 Å². The van der Waals surface area contributed by atoms with Crippen LogP contribution in [0, 0.1) is 17.2 Å². The van der Waals surface area contributed by atoms with E-state index in [1.165, 1.54) is 32.1 Å². The van der Waals surface area contributed by atoms with E-state index in [1.54, 1.807) is 0 Å². The van der Waals surface area contributed by atoms with Crippen LogP contribution >= 0.6 is 0 Å². The zero-order valence-corrected chi connectivity index (χ0v) is 8.41. The van der Waals surface area contributed by atoms with Gasteiger partial charge in [0, 0.05) is 6.54 Å². The molecule has 3 nitrogen and oxygen atoms in total. The van der Waals surface area contributed by atoms with E-state index in [0.717, 1.165) is 13.0 Å². The summed E-state index contributed by atoms with van der Waals surface area (Å²) in [5.74, 6) is 0.136. The van der Waals surface area contributed by atoms with Gasteiger partial charge in [0.2, 0.25) is 0 Å². The first-order valence-electron chi connectivity index (χ1n) is 5.71. The van der Waals surface area contributed by atoms with Gasteiger partial charge in [-0.25, -0.2) is 0 Å². The first kappa shape index (κ1) is 8.70. The first-order chi connectivity index (χ1) is 6.87. The van der Waals surface area contributed by atoms with Crippen molar-refractivity contribution in [3.63, 3.8) is 0 Å². The molecule has 3 fully saturated rings. The van der Waals surface area contributed by atoms with Crippen LogP contribution in [0.2, 0.25) is 0 Å². The zero-order chi connectivity index (χ0) is 9.60. The largest absolute Gasteiger partial charge is 0.294 e. The van der Waals surface area contributed by atoms with Crippen LogP contribution in [0.15, 0.2) is 0 Å². The van der Waals surface area contributed by atoms with Crippen LogP contribution in [0.3, 0.4) is 0 Å². The van der Waals surface area contributed by atoms with Gasteiger partial charge in [0.25, 0.3) is 0 Å². The maximum atomic E-state index is 9.25. The molecule has 1 saturated carbocycles. The lowest BCUT2D eigenvalue weighted by molar-refractivity contribution is -0.192. The summed E-state index contributed by atoms with van der Waals surface area (Å²) in [5.41, 5.74) is 0.107. The maximum Gasteiger partial charge on any atom is 0.0970 e. The summed E-state index contributed by atoms with van der Waals surface area (Å²) in [6.45, 7) is 1.04. The summed E-state index contributed by atoms with van der Waals surface area (Å²) in [6, 6.07) is 2.49. The molecule has 0 aromatic rings. The highest BCUT2D eigenvalue weighted by Gasteiger charge is 2.58. The number of hydroxylamine groups is 2. The predicted molar refractivity (Wildman–Crippen MR) is 51.1 cm³/mol. The lowest BCUT2D eigenvalue weighted by Crippen LogP contribution is -2.51. The Labute approximate surface area is 84.6 Å². The molecular weight excluding hydrogens is 176 g/mol. The van der Waals surface area contributed by atoms with Crippen LogP contribution in [0.4, 0.5) is 0 Å². The van der Waals surface area contributed by atoms with Gasteiger partial charge in [-0.05, 0) is 32.1 Å². The lowest BCUT2D eigenvalue weighted by Gasteiger charge is -2.42. The van der Waals surface area contributed by atoms with Crippen molar-refractivity contribution in [1.29, 1.82) is 5.26 Å². The van der Waals surface area contributed by atoms with E-state index >= 15 is 0 Å². The van der Waals surface area contributed by atoms with Crippen molar-refractivity contribution >= 4 is 0 Å².